The normalized spacial score (nSPS) is 11.6. The average Bonchev–Trinajstić information content (AvgIpc) is 3.42. The number of unbranched alkanes of at least 4 members (excludes halogenated alkanes) is 30. The van der Waals surface area contributed by atoms with Crippen LogP contribution in [0.3, 0.4) is 0 Å². The van der Waals surface area contributed by atoms with E-state index in [9.17, 15) is 0 Å². The maximum absolute atomic E-state index is 2.63. The van der Waals surface area contributed by atoms with Crippen LogP contribution in [0.5, 0.6) is 0 Å². The number of nitrogens with zero attached hydrogens (tertiary/aromatic N) is 2. The molecule has 0 aromatic carbocycles. The molecule has 0 N–H and O–H groups in total. The first-order valence-corrected chi connectivity index (χ1v) is 20.9. The molecule has 2 heteroatoms. The Kier molecular flexibility index (Phi) is 31.5. The van der Waals surface area contributed by atoms with Gasteiger partial charge in [0.15, 0.2) is 0 Å². The van der Waals surface area contributed by atoms with E-state index in [1.807, 2.05) is 0 Å². The van der Waals surface area contributed by atoms with Gasteiger partial charge >= 0.3 is 0 Å². The van der Waals surface area contributed by atoms with Gasteiger partial charge in [0, 0.05) is 6.42 Å². The van der Waals surface area contributed by atoms with E-state index in [-0.39, 0.29) is 0 Å². The lowest BCUT2D eigenvalue weighted by molar-refractivity contribution is -0.704. The quantitative estimate of drug-likeness (QED) is 0.0524. The van der Waals surface area contributed by atoms with Crippen LogP contribution in [0, 0.1) is 0 Å². The zero-order chi connectivity index (χ0) is 31.6. The van der Waals surface area contributed by atoms with Crippen LogP contribution in [0.25, 0.3) is 0 Å². The maximum atomic E-state index is 2.63. The van der Waals surface area contributed by atoms with Gasteiger partial charge in [-0.05, 0) is 32.1 Å². The molecule has 0 aliphatic carbocycles. The van der Waals surface area contributed by atoms with Crippen LogP contribution in [-0.2, 0) is 19.5 Å². The van der Waals surface area contributed by atoms with Crippen LogP contribution in [0.1, 0.15) is 238 Å². The predicted molar refractivity (Wildman–Crippen MR) is 198 cm³/mol. The number of hydrogen-bond acceptors (Lipinski definition) is 0. The van der Waals surface area contributed by atoms with Gasteiger partial charge in [0.2, 0.25) is 0 Å². The number of imidazole rings is 1. The first kappa shape index (κ1) is 41.2. The summed E-state index contributed by atoms with van der Waals surface area (Å²) in [5.41, 5.74) is 0. The van der Waals surface area contributed by atoms with E-state index in [1.165, 1.54) is 231 Å². The Bertz CT molecular complexity index is 677. The van der Waals surface area contributed by atoms with Gasteiger partial charge in [-0.25, -0.2) is 9.13 Å². The molecule has 1 aromatic heterocycles. The molecule has 1 rings (SSSR count). The third kappa shape index (κ3) is 25.4. The predicted octanol–water partition coefficient (Wildman–Crippen LogP) is 14.3. The highest BCUT2D eigenvalue weighted by atomic mass is 15.1. The molecule has 0 unspecified atom stereocenters. The molecule has 0 amide bonds. The van der Waals surface area contributed by atoms with E-state index in [4.69, 9.17) is 0 Å². The molecule has 0 bridgehead atoms. The van der Waals surface area contributed by atoms with Crippen LogP contribution in [0.15, 0.2) is 12.4 Å². The van der Waals surface area contributed by atoms with Gasteiger partial charge in [0.1, 0.15) is 12.4 Å². The maximum Gasteiger partial charge on any atom is 0.256 e. The second-order valence-electron chi connectivity index (χ2n) is 14.5. The summed E-state index contributed by atoms with van der Waals surface area (Å²) >= 11 is 0. The minimum absolute atomic E-state index is 1.22. The fourth-order valence-corrected chi connectivity index (χ4v) is 7.03. The molecule has 0 aliphatic heterocycles. The molecule has 0 saturated heterocycles. The number of hydrogen-bond donors (Lipinski definition) is 0. The van der Waals surface area contributed by atoms with Crippen molar-refractivity contribution in [3.05, 3.63) is 18.2 Å². The summed E-state index contributed by atoms with van der Waals surface area (Å²) in [6.07, 6.45) is 53.4. The summed E-state index contributed by atoms with van der Waals surface area (Å²) in [6.45, 7) is 9.40. The summed E-state index contributed by atoms with van der Waals surface area (Å²) in [5.74, 6) is 1.62. The summed E-state index contributed by atoms with van der Waals surface area (Å²) < 4.78 is 5.24. The molecular formula is C42H83N2+. The van der Waals surface area contributed by atoms with Crippen LogP contribution in [0.2, 0.25) is 0 Å². The first-order valence-electron chi connectivity index (χ1n) is 20.9. The molecule has 2 nitrogen and oxygen atoms in total. The monoisotopic (exact) mass is 616 g/mol. The van der Waals surface area contributed by atoms with Gasteiger partial charge in [-0.15, -0.1) is 0 Å². The van der Waals surface area contributed by atoms with E-state index >= 15 is 0 Å². The average molecular weight is 616 g/mol. The highest BCUT2D eigenvalue weighted by Crippen LogP contribution is 2.16. The Balaban J connectivity index is 2.14. The minimum Gasteiger partial charge on any atom is -0.234 e. The molecule has 1 aromatic rings. The second kappa shape index (κ2) is 33.6. The van der Waals surface area contributed by atoms with Crippen LogP contribution < -0.4 is 4.57 Å². The molecule has 0 saturated carbocycles. The molecule has 0 spiro atoms. The Morgan fingerprint density at radius 2 is 0.705 bits per heavy atom. The Labute approximate surface area is 279 Å². The van der Waals surface area contributed by atoms with Crippen molar-refractivity contribution in [1.82, 2.24) is 4.57 Å². The van der Waals surface area contributed by atoms with E-state index in [1.54, 1.807) is 5.82 Å². The molecule has 1 heterocycles. The van der Waals surface area contributed by atoms with Crippen molar-refractivity contribution in [3.8, 4) is 0 Å². The topological polar surface area (TPSA) is 8.81 Å². The summed E-state index contributed by atoms with van der Waals surface area (Å²) in [7, 11) is 0. The van der Waals surface area contributed by atoms with Gasteiger partial charge in [-0.1, -0.05) is 201 Å². The second-order valence-corrected chi connectivity index (χ2v) is 14.5. The fourth-order valence-electron chi connectivity index (χ4n) is 7.03. The largest absolute Gasteiger partial charge is 0.256 e. The van der Waals surface area contributed by atoms with Crippen molar-refractivity contribution in [2.45, 2.75) is 252 Å². The lowest BCUT2D eigenvalue weighted by atomic mass is 10.0. The molecule has 44 heavy (non-hydrogen) atoms. The van der Waals surface area contributed by atoms with E-state index in [0.29, 0.717) is 0 Å². The minimum atomic E-state index is 1.22. The van der Waals surface area contributed by atoms with E-state index < -0.39 is 0 Å². The standard InChI is InChI=1S/C42H83N2/c1-4-7-10-13-15-17-19-21-22-23-24-25-26-28-30-32-34-37-42-43(38-35-12-9-6-3)40-41-44(42)39-36-33-31-29-27-20-18-16-14-11-8-5-2/h40-41H,4-39H2,1-3H3/q+1. The number of rotatable bonds is 36. The summed E-state index contributed by atoms with van der Waals surface area (Å²) in [6, 6.07) is 0. The first-order chi connectivity index (χ1) is 21.8. The smallest absolute Gasteiger partial charge is 0.234 e. The lowest BCUT2D eigenvalue weighted by Crippen LogP contribution is -2.37. The zero-order valence-corrected chi connectivity index (χ0v) is 31.0. The van der Waals surface area contributed by atoms with Crippen molar-refractivity contribution in [1.29, 1.82) is 0 Å². The summed E-state index contributed by atoms with van der Waals surface area (Å²) in [4.78, 5) is 0. The molecule has 0 radical (unpaired) electrons. The van der Waals surface area contributed by atoms with Crippen molar-refractivity contribution in [2.24, 2.45) is 0 Å². The van der Waals surface area contributed by atoms with Gasteiger partial charge in [-0.2, -0.15) is 0 Å². The van der Waals surface area contributed by atoms with Crippen molar-refractivity contribution in [2.75, 3.05) is 0 Å². The lowest BCUT2D eigenvalue weighted by Gasteiger charge is -2.07. The SMILES string of the molecule is CCCCCCCCCCCCCCCCCCCc1n(CCCCCC)cc[n+]1CCCCCCCCCCCCCC. The Morgan fingerprint density at radius 3 is 1.09 bits per heavy atom. The fraction of sp³-hybridized carbons (Fsp3) is 0.929. The van der Waals surface area contributed by atoms with Crippen molar-refractivity contribution < 1.29 is 4.57 Å². The van der Waals surface area contributed by atoms with Crippen molar-refractivity contribution >= 4 is 0 Å². The van der Waals surface area contributed by atoms with Crippen LogP contribution in [0.4, 0.5) is 0 Å². The Morgan fingerprint density at radius 1 is 0.386 bits per heavy atom. The number of aromatic nitrogens is 2. The summed E-state index contributed by atoms with van der Waals surface area (Å²) in [5, 5.41) is 0. The van der Waals surface area contributed by atoms with Crippen molar-refractivity contribution in [3.63, 3.8) is 0 Å². The van der Waals surface area contributed by atoms with Gasteiger partial charge in [0.05, 0.1) is 13.1 Å². The highest BCUT2D eigenvalue weighted by molar-refractivity contribution is 4.84. The zero-order valence-electron chi connectivity index (χ0n) is 31.0. The third-order valence-corrected chi connectivity index (χ3v) is 10.1. The van der Waals surface area contributed by atoms with E-state index in [0.717, 1.165) is 0 Å². The van der Waals surface area contributed by atoms with Gasteiger partial charge in [-0.3, -0.25) is 0 Å². The van der Waals surface area contributed by atoms with E-state index in [2.05, 4.69) is 42.3 Å². The molecule has 260 valence electrons. The molecule has 0 fully saturated rings. The molecule has 0 atom stereocenters. The molecular weight excluding hydrogens is 532 g/mol. The Hall–Kier alpha value is -0.790. The third-order valence-electron chi connectivity index (χ3n) is 10.1. The van der Waals surface area contributed by atoms with Crippen LogP contribution in [-0.4, -0.2) is 4.57 Å². The van der Waals surface area contributed by atoms with Crippen LogP contribution >= 0.6 is 0 Å². The highest BCUT2D eigenvalue weighted by Gasteiger charge is 2.16. The van der Waals surface area contributed by atoms with Gasteiger partial charge in [0.25, 0.3) is 5.82 Å². The molecule has 0 aliphatic rings. The van der Waals surface area contributed by atoms with Gasteiger partial charge < -0.3 is 0 Å². The number of aryl methyl sites for hydroxylation is 2.